The van der Waals surface area contributed by atoms with Crippen LogP contribution in [0.1, 0.15) is 84.6 Å². The molecule has 0 saturated carbocycles. The van der Waals surface area contributed by atoms with E-state index in [0.29, 0.717) is 50.0 Å². The fourth-order valence-electron chi connectivity index (χ4n) is 4.30. The van der Waals surface area contributed by atoms with Crippen molar-refractivity contribution in [3.63, 3.8) is 0 Å². The number of carbonyl (C=O) groups is 3. The van der Waals surface area contributed by atoms with Crippen molar-refractivity contribution >= 4 is 29.6 Å². The third kappa shape index (κ3) is 12.4. The Bertz CT molecular complexity index is 1000. The summed E-state index contributed by atoms with van der Waals surface area (Å²) in [5.74, 6) is 1.02. The Morgan fingerprint density at radius 3 is 2.32 bits per heavy atom. The molecule has 0 aromatic heterocycles. The van der Waals surface area contributed by atoms with E-state index in [1.54, 1.807) is 19.0 Å². The molecule has 230 valence electrons. The van der Waals surface area contributed by atoms with Gasteiger partial charge < -0.3 is 24.2 Å². The zero-order valence-corrected chi connectivity index (χ0v) is 26.0. The van der Waals surface area contributed by atoms with Crippen molar-refractivity contribution in [2.24, 2.45) is 10.9 Å². The van der Waals surface area contributed by atoms with E-state index in [9.17, 15) is 14.4 Å². The van der Waals surface area contributed by atoms with Gasteiger partial charge in [0.15, 0.2) is 0 Å². The van der Waals surface area contributed by atoms with Gasteiger partial charge in [-0.1, -0.05) is 53.4 Å². The maximum absolute atomic E-state index is 12.9. The van der Waals surface area contributed by atoms with Gasteiger partial charge in [-0.05, 0) is 43.4 Å². The van der Waals surface area contributed by atoms with Crippen LogP contribution in [-0.4, -0.2) is 85.5 Å². The van der Waals surface area contributed by atoms with Crippen LogP contribution in [0.2, 0.25) is 0 Å². The molecule has 10 nitrogen and oxygen atoms in total. The molecule has 1 aliphatic rings. The zero-order valence-electron chi connectivity index (χ0n) is 26.0. The zero-order chi connectivity index (χ0) is 30.2. The standard InChI is InChI=1S/C31H51N5O5/c1-7-9-11-17-35(18-12-10-8-2)28(37)14-13-19-40-26-15-16-27-25(20-26)21-36(22-29(38)41-23-24(3)4)30(32-27)33-31(39)34(5)6/h15-16,20,24H,7-14,17-19,21-23H2,1-6H3,(H,32,33,39). The highest BCUT2D eigenvalue weighted by Gasteiger charge is 2.25. The van der Waals surface area contributed by atoms with Crippen molar-refractivity contribution in [3.05, 3.63) is 23.8 Å². The van der Waals surface area contributed by atoms with Crippen LogP contribution in [0.15, 0.2) is 23.2 Å². The van der Waals surface area contributed by atoms with Gasteiger partial charge >= 0.3 is 12.0 Å². The molecule has 1 heterocycles. The summed E-state index contributed by atoms with van der Waals surface area (Å²) in [5, 5.41) is 2.78. The smallest absolute Gasteiger partial charge is 0.325 e. The number of aliphatic imine (C=N–C) groups is 1. The maximum Gasteiger partial charge on any atom is 0.325 e. The fourth-order valence-corrected chi connectivity index (χ4v) is 4.30. The Labute approximate surface area is 246 Å². The Morgan fingerprint density at radius 1 is 1.02 bits per heavy atom. The number of amides is 3. The second-order valence-electron chi connectivity index (χ2n) is 11.2. The number of guanidine groups is 1. The van der Waals surface area contributed by atoms with E-state index in [2.05, 4.69) is 24.2 Å². The van der Waals surface area contributed by atoms with Crippen molar-refractivity contribution in [1.82, 2.24) is 20.0 Å². The Balaban J connectivity index is 2.00. The molecular formula is C31H51N5O5. The summed E-state index contributed by atoms with van der Waals surface area (Å²) in [4.78, 5) is 47.4. The number of urea groups is 1. The van der Waals surface area contributed by atoms with Gasteiger partial charge in [0, 0.05) is 45.7 Å². The van der Waals surface area contributed by atoms with E-state index in [4.69, 9.17) is 9.47 Å². The highest BCUT2D eigenvalue weighted by molar-refractivity contribution is 5.99. The third-order valence-electron chi connectivity index (χ3n) is 6.68. The maximum atomic E-state index is 12.9. The van der Waals surface area contributed by atoms with Gasteiger partial charge in [-0.15, -0.1) is 0 Å². The van der Waals surface area contributed by atoms with Crippen LogP contribution >= 0.6 is 0 Å². The number of hydrogen-bond acceptors (Lipinski definition) is 7. The predicted molar refractivity (Wildman–Crippen MR) is 162 cm³/mol. The molecule has 0 fully saturated rings. The van der Waals surface area contributed by atoms with Crippen LogP contribution in [0.25, 0.3) is 0 Å². The molecule has 2 rings (SSSR count). The normalized spacial score (nSPS) is 12.5. The van der Waals surface area contributed by atoms with Gasteiger partial charge in [-0.2, -0.15) is 0 Å². The van der Waals surface area contributed by atoms with Gasteiger partial charge in [0.05, 0.1) is 18.9 Å². The van der Waals surface area contributed by atoms with Crippen LogP contribution in [0.5, 0.6) is 5.75 Å². The number of nitrogens with one attached hydrogen (secondary N) is 1. The lowest BCUT2D eigenvalue weighted by Crippen LogP contribution is -2.49. The third-order valence-corrected chi connectivity index (χ3v) is 6.68. The molecule has 0 aliphatic carbocycles. The SMILES string of the molecule is CCCCCN(CCCCC)C(=O)CCCOc1ccc2c(c1)CN(CC(=O)OCC(C)C)C(NC(=O)N(C)C)=N2. The predicted octanol–water partition coefficient (Wildman–Crippen LogP) is 5.33. The molecule has 1 aromatic carbocycles. The van der Waals surface area contributed by atoms with Gasteiger partial charge in [0.2, 0.25) is 11.9 Å². The monoisotopic (exact) mass is 573 g/mol. The van der Waals surface area contributed by atoms with Crippen LogP contribution in [-0.2, 0) is 20.9 Å². The molecule has 1 aliphatic heterocycles. The average Bonchev–Trinajstić information content (AvgIpc) is 2.93. The number of rotatable bonds is 17. The first-order chi connectivity index (χ1) is 19.6. The number of fused-ring (bicyclic) bond motifs is 1. The Morgan fingerprint density at radius 2 is 1.71 bits per heavy atom. The van der Waals surface area contributed by atoms with Crippen LogP contribution < -0.4 is 10.1 Å². The van der Waals surface area contributed by atoms with Gasteiger partial charge in [-0.3, -0.25) is 14.9 Å². The topological polar surface area (TPSA) is 104 Å². The minimum atomic E-state index is -0.385. The lowest BCUT2D eigenvalue weighted by Gasteiger charge is -2.30. The van der Waals surface area contributed by atoms with E-state index in [-0.39, 0.29) is 30.4 Å². The van der Waals surface area contributed by atoms with Crippen molar-refractivity contribution < 1.29 is 23.9 Å². The number of benzene rings is 1. The van der Waals surface area contributed by atoms with E-state index in [1.165, 1.54) is 4.90 Å². The lowest BCUT2D eigenvalue weighted by atomic mass is 10.1. The highest BCUT2D eigenvalue weighted by atomic mass is 16.5. The summed E-state index contributed by atoms with van der Waals surface area (Å²) < 4.78 is 11.4. The quantitative estimate of drug-likeness (QED) is 0.200. The first-order valence-corrected chi connectivity index (χ1v) is 15.2. The largest absolute Gasteiger partial charge is 0.494 e. The van der Waals surface area contributed by atoms with E-state index < -0.39 is 0 Å². The molecule has 0 bridgehead atoms. The molecule has 1 N–H and O–H groups in total. The molecule has 41 heavy (non-hydrogen) atoms. The molecule has 3 amide bonds. The molecule has 0 radical (unpaired) electrons. The molecule has 0 saturated heterocycles. The first-order valence-electron chi connectivity index (χ1n) is 15.2. The summed E-state index contributed by atoms with van der Waals surface area (Å²) >= 11 is 0. The van der Waals surface area contributed by atoms with Crippen LogP contribution in [0.4, 0.5) is 10.5 Å². The molecule has 0 unspecified atom stereocenters. The van der Waals surface area contributed by atoms with E-state index in [1.807, 2.05) is 36.9 Å². The summed E-state index contributed by atoms with van der Waals surface area (Å²) in [6.07, 6.45) is 7.78. The first kappa shape index (κ1) is 33.9. The highest BCUT2D eigenvalue weighted by Crippen LogP contribution is 2.29. The average molecular weight is 574 g/mol. The van der Waals surface area contributed by atoms with Crippen molar-refractivity contribution in [2.45, 2.75) is 85.6 Å². The van der Waals surface area contributed by atoms with E-state index in [0.717, 1.165) is 57.2 Å². The van der Waals surface area contributed by atoms with Crippen molar-refractivity contribution in [1.29, 1.82) is 0 Å². The number of hydrogen-bond donors (Lipinski definition) is 1. The number of unbranched alkanes of at least 4 members (excludes halogenated alkanes) is 4. The van der Waals surface area contributed by atoms with Gasteiger partial charge in [0.25, 0.3) is 0 Å². The fraction of sp³-hybridized carbons (Fsp3) is 0.677. The van der Waals surface area contributed by atoms with Gasteiger partial charge in [-0.25, -0.2) is 9.79 Å². The minimum absolute atomic E-state index is 0.0427. The Hall–Kier alpha value is -3.30. The molecule has 0 spiro atoms. The summed E-state index contributed by atoms with van der Waals surface area (Å²) in [5.41, 5.74) is 1.57. The second kappa shape index (κ2) is 18.2. The second-order valence-corrected chi connectivity index (χ2v) is 11.2. The van der Waals surface area contributed by atoms with Gasteiger partial charge in [0.1, 0.15) is 12.3 Å². The van der Waals surface area contributed by atoms with Crippen LogP contribution in [0, 0.1) is 5.92 Å². The van der Waals surface area contributed by atoms with Crippen molar-refractivity contribution in [3.8, 4) is 5.75 Å². The van der Waals surface area contributed by atoms with Crippen molar-refractivity contribution in [2.75, 3.05) is 46.9 Å². The Kier molecular flexibility index (Phi) is 15.0. The lowest BCUT2D eigenvalue weighted by molar-refractivity contribution is -0.145. The number of nitrogens with zero attached hydrogens (tertiary/aromatic N) is 4. The molecule has 1 aromatic rings. The number of ether oxygens (including phenoxy) is 2. The summed E-state index contributed by atoms with van der Waals surface area (Å²) in [6, 6.07) is 5.25. The van der Waals surface area contributed by atoms with E-state index >= 15 is 0 Å². The summed E-state index contributed by atoms with van der Waals surface area (Å²) in [7, 11) is 3.28. The molecular weight excluding hydrogens is 522 g/mol. The molecule has 0 atom stereocenters. The number of esters is 1. The summed E-state index contributed by atoms with van der Waals surface area (Å²) in [6.45, 7) is 11.0. The molecule has 10 heteroatoms. The van der Waals surface area contributed by atoms with Crippen LogP contribution in [0.3, 0.4) is 0 Å². The number of carbonyl (C=O) groups excluding carboxylic acids is 3. The minimum Gasteiger partial charge on any atom is -0.494 e.